The summed E-state index contributed by atoms with van der Waals surface area (Å²) in [6.45, 7) is 1.55. The SMILES string of the molecule is CC(=O)c1ccc(N(C)c2ccc(C#N)cc2)cc1. The number of benzene rings is 2. The van der Waals surface area contributed by atoms with Gasteiger partial charge < -0.3 is 4.90 Å². The van der Waals surface area contributed by atoms with E-state index in [1.807, 2.05) is 48.3 Å². The van der Waals surface area contributed by atoms with Gasteiger partial charge in [-0.1, -0.05) is 0 Å². The average molecular weight is 250 g/mol. The molecule has 0 amide bonds. The predicted molar refractivity (Wildman–Crippen MR) is 75.7 cm³/mol. The summed E-state index contributed by atoms with van der Waals surface area (Å²) in [5.74, 6) is 0.0626. The fraction of sp³-hybridized carbons (Fsp3) is 0.125. The van der Waals surface area contributed by atoms with E-state index < -0.39 is 0 Å². The molecule has 0 atom stereocenters. The van der Waals surface area contributed by atoms with Gasteiger partial charge in [0.05, 0.1) is 11.6 Å². The van der Waals surface area contributed by atoms with Crippen LogP contribution in [0.25, 0.3) is 0 Å². The Balaban J connectivity index is 2.25. The van der Waals surface area contributed by atoms with Gasteiger partial charge in [0.1, 0.15) is 0 Å². The van der Waals surface area contributed by atoms with E-state index in [1.54, 1.807) is 19.1 Å². The molecule has 0 radical (unpaired) electrons. The quantitative estimate of drug-likeness (QED) is 0.783. The Hall–Kier alpha value is -2.60. The molecule has 94 valence electrons. The van der Waals surface area contributed by atoms with Crippen molar-refractivity contribution in [1.82, 2.24) is 0 Å². The topological polar surface area (TPSA) is 44.1 Å². The molecule has 0 saturated carbocycles. The van der Waals surface area contributed by atoms with Crippen molar-refractivity contribution in [3.05, 3.63) is 59.7 Å². The Labute approximate surface area is 112 Å². The number of carbonyl (C=O) groups excluding carboxylic acids is 1. The summed E-state index contributed by atoms with van der Waals surface area (Å²) in [5, 5.41) is 8.77. The van der Waals surface area contributed by atoms with Gasteiger partial charge in [0, 0.05) is 24.0 Å². The first-order valence-electron chi connectivity index (χ1n) is 5.96. The number of nitriles is 1. The molecule has 0 fully saturated rings. The van der Waals surface area contributed by atoms with E-state index in [4.69, 9.17) is 5.26 Å². The third-order valence-electron chi connectivity index (χ3n) is 3.04. The lowest BCUT2D eigenvalue weighted by Gasteiger charge is -2.19. The molecule has 0 aliphatic carbocycles. The van der Waals surface area contributed by atoms with Crippen LogP contribution >= 0.6 is 0 Å². The highest BCUT2D eigenvalue weighted by Crippen LogP contribution is 2.24. The summed E-state index contributed by atoms with van der Waals surface area (Å²) in [5.41, 5.74) is 3.34. The van der Waals surface area contributed by atoms with Crippen LogP contribution in [0.1, 0.15) is 22.8 Å². The fourth-order valence-corrected chi connectivity index (χ4v) is 1.83. The molecule has 2 aromatic rings. The van der Waals surface area contributed by atoms with Crippen molar-refractivity contribution in [1.29, 1.82) is 5.26 Å². The lowest BCUT2D eigenvalue weighted by Crippen LogP contribution is -2.09. The van der Waals surface area contributed by atoms with Crippen molar-refractivity contribution < 1.29 is 4.79 Å². The summed E-state index contributed by atoms with van der Waals surface area (Å²) < 4.78 is 0. The summed E-state index contributed by atoms with van der Waals surface area (Å²) in [6, 6.07) is 16.9. The molecule has 3 heteroatoms. The highest BCUT2D eigenvalue weighted by atomic mass is 16.1. The van der Waals surface area contributed by atoms with Gasteiger partial charge in [0.25, 0.3) is 0 Å². The van der Waals surface area contributed by atoms with E-state index in [0.29, 0.717) is 11.1 Å². The minimum atomic E-state index is 0.0626. The van der Waals surface area contributed by atoms with Crippen LogP contribution < -0.4 is 4.90 Å². The number of nitrogens with zero attached hydrogens (tertiary/aromatic N) is 2. The maximum Gasteiger partial charge on any atom is 0.159 e. The number of hydrogen-bond donors (Lipinski definition) is 0. The van der Waals surface area contributed by atoms with Gasteiger partial charge in [-0.15, -0.1) is 0 Å². The summed E-state index contributed by atoms with van der Waals surface area (Å²) >= 11 is 0. The van der Waals surface area contributed by atoms with Crippen LogP contribution in [0.2, 0.25) is 0 Å². The predicted octanol–water partition coefficient (Wildman–Crippen LogP) is 3.53. The molecule has 2 aromatic carbocycles. The van der Waals surface area contributed by atoms with E-state index in [2.05, 4.69) is 6.07 Å². The van der Waals surface area contributed by atoms with E-state index >= 15 is 0 Å². The van der Waals surface area contributed by atoms with E-state index in [1.165, 1.54) is 0 Å². The lowest BCUT2D eigenvalue weighted by atomic mass is 10.1. The Kier molecular flexibility index (Phi) is 3.63. The van der Waals surface area contributed by atoms with Crippen molar-refractivity contribution in [2.24, 2.45) is 0 Å². The van der Waals surface area contributed by atoms with Crippen LogP contribution in [-0.4, -0.2) is 12.8 Å². The van der Waals surface area contributed by atoms with Crippen LogP contribution in [0.4, 0.5) is 11.4 Å². The van der Waals surface area contributed by atoms with Crippen molar-refractivity contribution in [2.45, 2.75) is 6.92 Å². The zero-order chi connectivity index (χ0) is 13.8. The highest BCUT2D eigenvalue weighted by molar-refractivity contribution is 5.94. The Morgan fingerprint density at radius 1 is 1.00 bits per heavy atom. The molecular weight excluding hydrogens is 236 g/mol. The van der Waals surface area contributed by atoms with Crippen LogP contribution in [0.5, 0.6) is 0 Å². The molecule has 0 aromatic heterocycles. The van der Waals surface area contributed by atoms with Crippen LogP contribution in [0.15, 0.2) is 48.5 Å². The molecular formula is C16H14N2O. The maximum atomic E-state index is 11.2. The summed E-state index contributed by atoms with van der Waals surface area (Å²) in [4.78, 5) is 13.2. The fourth-order valence-electron chi connectivity index (χ4n) is 1.83. The second-order valence-electron chi connectivity index (χ2n) is 4.32. The maximum absolute atomic E-state index is 11.2. The third-order valence-corrected chi connectivity index (χ3v) is 3.04. The molecule has 0 aliphatic rings. The number of carbonyl (C=O) groups is 1. The minimum Gasteiger partial charge on any atom is -0.345 e. The second kappa shape index (κ2) is 5.36. The Morgan fingerprint density at radius 2 is 1.47 bits per heavy atom. The first-order valence-corrected chi connectivity index (χ1v) is 5.96. The van der Waals surface area contributed by atoms with Gasteiger partial charge >= 0.3 is 0 Å². The highest BCUT2D eigenvalue weighted by Gasteiger charge is 2.05. The number of Topliss-reactive ketones (excluding diaryl/α,β-unsaturated/α-hetero) is 1. The first-order chi connectivity index (χ1) is 9.11. The number of anilines is 2. The van der Waals surface area contributed by atoms with Gasteiger partial charge in [-0.3, -0.25) is 4.79 Å². The lowest BCUT2D eigenvalue weighted by molar-refractivity contribution is 0.101. The molecule has 0 N–H and O–H groups in total. The van der Waals surface area contributed by atoms with Crippen LogP contribution in [0.3, 0.4) is 0 Å². The van der Waals surface area contributed by atoms with Crippen molar-refractivity contribution in [3.8, 4) is 6.07 Å². The summed E-state index contributed by atoms with van der Waals surface area (Å²) in [6.07, 6.45) is 0. The third kappa shape index (κ3) is 2.80. The van der Waals surface area contributed by atoms with Crippen LogP contribution in [0, 0.1) is 11.3 Å². The smallest absolute Gasteiger partial charge is 0.159 e. The van der Waals surface area contributed by atoms with Gasteiger partial charge in [0.2, 0.25) is 0 Å². The monoisotopic (exact) mass is 250 g/mol. The van der Waals surface area contributed by atoms with Gasteiger partial charge in [0.15, 0.2) is 5.78 Å². The van der Waals surface area contributed by atoms with Crippen molar-refractivity contribution in [2.75, 3.05) is 11.9 Å². The van der Waals surface area contributed by atoms with E-state index in [9.17, 15) is 4.79 Å². The molecule has 0 saturated heterocycles. The molecule has 2 rings (SSSR count). The first kappa shape index (κ1) is 12.8. The van der Waals surface area contributed by atoms with Crippen LogP contribution in [-0.2, 0) is 0 Å². The molecule has 0 bridgehead atoms. The molecule has 0 heterocycles. The van der Waals surface area contributed by atoms with Gasteiger partial charge in [-0.2, -0.15) is 5.26 Å². The zero-order valence-corrected chi connectivity index (χ0v) is 10.9. The molecule has 0 unspecified atom stereocenters. The van der Waals surface area contributed by atoms with E-state index in [-0.39, 0.29) is 5.78 Å². The van der Waals surface area contributed by atoms with Gasteiger partial charge in [-0.05, 0) is 55.5 Å². The molecule has 0 aliphatic heterocycles. The molecule has 19 heavy (non-hydrogen) atoms. The largest absolute Gasteiger partial charge is 0.345 e. The Bertz CT molecular complexity index is 621. The normalized spacial score (nSPS) is 9.74. The van der Waals surface area contributed by atoms with Crippen molar-refractivity contribution >= 4 is 17.2 Å². The van der Waals surface area contributed by atoms with E-state index in [0.717, 1.165) is 11.4 Å². The van der Waals surface area contributed by atoms with Gasteiger partial charge in [-0.25, -0.2) is 0 Å². The molecule has 0 spiro atoms. The molecule has 3 nitrogen and oxygen atoms in total. The standard InChI is InChI=1S/C16H14N2O/c1-12(19)14-5-9-16(10-6-14)18(2)15-7-3-13(11-17)4-8-15/h3-10H,1-2H3. The Morgan fingerprint density at radius 3 is 1.89 bits per heavy atom. The number of hydrogen-bond acceptors (Lipinski definition) is 3. The second-order valence-corrected chi connectivity index (χ2v) is 4.32. The zero-order valence-electron chi connectivity index (χ0n) is 10.9. The number of rotatable bonds is 3. The number of ketones is 1. The van der Waals surface area contributed by atoms with Crippen molar-refractivity contribution in [3.63, 3.8) is 0 Å². The average Bonchev–Trinajstić information content (AvgIpc) is 2.46. The summed E-state index contributed by atoms with van der Waals surface area (Å²) in [7, 11) is 1.95. The minimum absolute atomic E-state index is 0.0626.